The van der Waals surface area contributed by atoms with Gasteiger partial charge < -0.3 is 4.90 Å². The highest BCUT2D eigenvalue weighted by Crippen LogP contribution is 2.48. The third-order valence-electron chi connectivity index (χ3n) is 3.48. The van der Waals surface area contributed by atoms with E-state index in [2.05, 4.69) is 0 Å². The zero-order valence-corrected chi connectivity index (χ0v) is 10.3. The monoisotopic (exact) mass is 235 g/mol. The zero-order valence-electron chi connectivity index (χ0n) is 10.3. The lowest BCUT2D eigenvalue weighted by atomic mass is 10.1. The summed E-state index contributed by atoms with van der Waals surface area (Å²) in [6.07, 6.45) is 0.904. The molecule has 92 valence electrons. The van der Waals surface area contributed by atoms with Gasteiger partial charge in [-0.3, -0.25) is 4.79 Å². The van der Waals surface area contributed by atoms with Gasteiger partial charge in [0.15, 0.2) is 0 Å². The molecule has 1 saturated carbocycles. The minimum atomic E-state index is -0.221. The van der Waals surface area contributed by atoms with Crippen molar-refractivity contribution in [2.45, 2.75) is 26.2 Å². The molecule has 0 bridgehead atoms. The average Bonchev–Trinajstić information content (AvgIpc) is 3.11. The molecule has 1 aromatic rings. The molecule has 1 fully saturated rings. The molecule has 1 amide bonds. The molecule has 0 aromatic heterocycles. The fraction of sp³-hybridized carbons (Fsp3) is 0.500. The third kappa shape index (κ3) is 2.48. The average molecular weight is 235 g/mol. The van der Waals surface area contributed by atoms with Crippen LogP contribution in [0.4, 0.5) is 4.39 Å². The van der Waals surface area contributed by atoms with E-state index in [1.165, 1.54) is 12.1 Å². The highest BCUT2D eigenvalue weighted by atomic mass is 19.1. The first-order valence-corrected chi connectivity index (χ1v) is 6.21. The minimum Gasteiger partial charge on any atom is -0.343 e. The summed E-state index contributed by atoms with van der Waals surface area (Å²) in [7, 11) is 0. The van der Waals surface area contributed by atoms with Crippen molar-refractivity contribution < 1.29 is 9.18 Å². The van der Waals surface area contributed by atoms with Crippen LogP contribution in [-0.4, -0.2) is 23.9 Å². The maximum absolute atomic E-state index is 12.8. The second kappa shape index (κ2) is 4.86. The van der Waals surface area contributed by atoms with Crippen LogP contribution in [-0.2, 0) is 4.79 Å². The summed E-state index contributed by atoms with van der Waals surface area (Å²) in [5.41, 5.74) is 1.08. The zero-order chi connectivity index (χ0) is 12.4. The second-order valence-electron chi connectivity index (χ2n) is 4.51. The molecule has 2 atom stereocenters. The van der Waals surface area contributed by atoms with E-state index in [0.717, 1.165) is 25.1 Å². The predicted molar refractivity (Wildman–Crippen MR) is 65.2 cm³/mol. The van der Waals surface area contributed by atoms with E-state index in [1.807, 2.05) is 18.7 Å². The molecule has 1 aliphatic carbocycles. The number of carbonyl (C=O) groups excluding carboxylic acids is 1. The van der Waals surface area contributed by atoms with E-state index in [4.69, 9.17) is 0 Å². The van der Waals surface area contributed by atoms with Gasteiger partial charge >= 0.3 is 0 Å². The molecule has 3 heteroatoms. The van der Waals surface area contributed by atoms with Crippen LogP contribution >= 0.6 is 0 Å². The summed E-state index contributed by atoms with van der Waals surface area (Å²) >= 11 is 0. The number of hydrogen-bond donors (Lipinski definition) is 0. The normalized spacial score (nSPS) is 22.3. The van der Waals surface area contributed by atoms with Crippen molar-refractivity contribution >= 4 is 5.91 Å². The number of carbonyl (C=O) groups is 1. The van der Waals surface area contributed by atoms with Gasteiger partial charge in [-0.05, 0) is 43.9 Å². The summed E-state index contributed by atoms with van der Waals surface area (Å²) in [5.74, 6) is 0.425. The van der Waals surface area contributed by atoms with Crippen LogP contribution in [0.25, 0.3) is 0 Å². The molecule has 0 aliphatic heterocycles. The van der Waals surface area contributed by atoms with E-state index in [1.54, 1.807) is 12.1 Å². The summed E-state index contributed by atoms with van der Waals surface area (Å²) < 4.78 is 12.8. The molecule has 2 rings (SSSR count). The summed E-state index contributed by atoms with van der Waals surface area (Å²) in [4.78, 5) is 13.9. The number of benzene rings is 1. The molecule has 1 aliphatic rings. The van der Waals surface area contributed by atoms with Crippen molar-refractivity contribution in [3.05, 3.63) is 35.6 Å². The van der Waals surface area contributed by atoms with Crippen molar-refractivity contribution in [3.8, 4) is 0 Å². The van der Waals surface area contributed by atoms with Gasteiger partial charge in [-0.2, -0.15) is 0 Å². The molecule has 0 N–H and O–H groups in total. The smallest absolute Gasteiger partial charge is 0.226 e. The molecule has 0 radical (unpaired) electrons. The molecule has 1 aromatic carbocycles. The van der Waals surface area contributed by atoms with E-state index in [0.29, 0.717) is 5.92 Å². The van der Waals surface area contributed by atoms with E-state index in [9.17, 15) is 9.18 Å². The van der Waals surface area contributed by atoms with Gasteiger partial charge in [-0.1, -0.05) is 12.1 Å². The standard InChI is InChI=1S/C14H18FNO/c1-3-16(4-2)14(17)13-9-12(13)10-5-7-11(15)8-6-10/h5-8,12-13H,3-4,9H2,1-2H3/t12-,13?/m1/s1. The van der Waals surface area contributed by atoms with Crippen molar-refractivity contribution in [3.63, 3.8) is 0 Å². The Hall–Kier alpha value is -1.38. The number of hydrogen-bond acceptors (Lipinski definition) is 1. The van der Waals surface area contributed by atoms with Crippen LogP contribution < -0.4 is 0 Å². The quantitative estimate of drug-likeness (QED) is 0.785. The lowest BCUT2D eigenvalue weighted by molar-refractivity contribution is -0.132. The Kier molecular flexibility index (Phi) is 3.46. The van der Waals surface area contributed by atoms with Crippen LogP contribution in [0.15, 0.2) is 24.3 Å². The fourth-order valence-electron chi connectivity index (χ4n) is 2.32. The third-order valence-corrected chi connectivity index (χ3v) is 3.48. The number of nitrogens with zero attached hydrogens (tertiary/aromatic N) is 1. The lowest BCUT2D eigenvalue weighted by Gasteiger charge is -2.18. The Bertz CT molecular complexity index is 397. The van der Waals surface area contributed by atoms with Crippen LogP contribution in [0, 0.1) is 11.7 Å². The first-order chi connectivity index (χ1) is 8.17. The maximum Gasteiger partial charge on any atom is 0.226 e. The number of amides is 1. The van der Waals surface area contributed by atoms with Gasteiger partial charge in [0.05, 0.1) is 0 Å². The van der Waals surface area contributed by atoms with Crippen LogP contribution in [0.2, 0.25) is 0 Å². The Morgan fingerprint density at radius 3 is 2.41 bits per heavy atom. The maximum atomic E-state index is 12.8. The minimum absolute atomic E-state index is 0.111. The first kappa shape index (κ1) is 12.1. The Balaban J connectivity index is 2.00. The van der Waals surface area contributed by atoms with Gasteiger partial charge in [0.2, 0.25) is 5.91 Å². The largest absolute Gasteiger partial charge is 0.343 e. The Morgan fingerprint density at radius 1 is 1.29 bits per heavy atom. The van der Waals surface area contributed by atoms with Crippen molar-refractivity contribution in [1.82, 2.24) is 4.90 Å². The fourth-order valence-corrected chi connectivity index (χ4v) is 2.32. The van der Waals surface area contributed by atoms with Crippen molar-refractivity contribution in [1.29, 1.82) is 0 Å². The van der Waals surface area contributed by atoms with Gasteiger partial charge in [-0.15, -0.1) is 0 Å². The number of halogens is 1. The summed E-state index contributed by atoms with van der Waals surface area (Å²) in [5, 5.41) is 0. The van der Waals surface area contributed by atoms with Crippen LogP contribution in [0.5, 0.6) is 0 Å². The molecule has 0 heterocycles. The second-order valence-corrected chi connectivity index (χ2v) is 4.51. The predicted octanol–water partition coefficient (Wildman–Crippen LogP) is 2.80. The highest BCUT2D eigenvalue weighted by molar-refractivity contribution is 5.83. The van der Waals surface area contributed by atoms with E-state index < -0.39 is 0 Å². The van der Waals surface area contributed by atoms with Crippen molar-refractivity contribution in [2.75, 3.05) is 13.1 Å². The molecule has 0 spiro atoms. The van der Waals surface area contributed by atoms with Gasteiger partial charge in [0.25, 0.3) is 0 Å². The van der Waals surface area contributed by atoms with E-state index in [-0.39, 0.29) is 17.6 Å². The first-order valence-electron chi connectivity index (χ1n) is 6.21. The number of rotatable bonds is 4. The summed E-state index contributed by atoms with van der Waals surface area (Å²) in [6.45, 7) is 5.53. The molecule has 0 saturated heterocycles. The molecule has 1 unspecified atom stereocenters. The Morgan fingerprint density at radius 2 is 1.88 bits per heavy atom. The highest BCUT2D eigenvalue weighted by Gasteiger charge is 2.45. The van der Waals surface area contributed by atoms with E-state index >= 15 is 0 Å². The van der Waals surface area contributed by atoms with Crippen molar-refractivity contribution in [2.24, 2.45) is 5.92 Å². The van der Waals surface area contributed by atoms with Gasteiger partial charge in [0.1, 0.15) is 5.82 Å². The SMILES string of the molecule is CCN(CC)C(=O)C1C[C@@H]1c1ccc(F)cc1. The topological polar surface area (TPSA) is 20.3 Å². The molecule has 17 heavy (non-hydrogen) atoms. The molecular weight excluding hydrogens is 217 g/mol. The van der Waals surface area contributed by atoms with Gasteiger partial charge in [0, 0.05) is 19.0 Å². The Labute approximate surface area is 101 Å². The lowest BCUT2D eigenvalue weighted by Crippen LogP contribution is -2.32. The summed E-state index contributed by atoms with van der Waals surface area (Å²) in [6, 6.07) is 6.50. The molecular formula is C14H18FNO. The molecule has 2 nitrogen and oxygen atoms in total. The van der Waals surface area contributed by atoms with Gasteiger partial charge in [-0.25, -0.2) is 4.39 Å². The van der Waals surface area contributed by atoms with Crippen LogP contribution in [0.1, 0.15) is 31.7 Å². The van der Waals surface area contributed by atoms with Crippen LogP contribution in [0.3, 0.4) is 0 Å².